The molecule has 0 bridgehead atoms. The number of hydrogen-bond donors (Lipinski definition) is 0. The molecule has 0 aliphatic carbocycles. The van der Waals surface area contributed by atoms with Crippen LogP contribution in [0.25, 0.3) is 72.4 Å². The molecule has 1 radical (unpaired) electrons. The van der Waals surface area contributed by atoms with E-state index >= 15 is 0 Å². The second kappa shape index (κ2) is 19.2. The van der Waals surface area contributed by atoms with Gasteiger partial charge in [0, 0.05) is 49.0 Å². The van der Waals surface area contributed by atoms with Gasteiger partial charge in [-0.2, -0.15) is 0 Å². The Morgan fingerprint density at radius 3 is 2.02 bits per heavy atom. The number of hydrogen-bond acceptors (Lipinski definition) is 4. The molecule has 0 spiro atoms. The molecule has 0 aliphatic rings. The Morgan fingerprint density at radius 1 is 0.708 bits per heavy atom. The van der Waals surface area contributed by atoms with Crippen LogP contribution in [-0.2, 0) is 31.9 Å². The van der Waals surface area contributed by atoms with Crippen molar-refractivity contribution in [3.63, 3.8) is 0 Å². The Labute approximate surface area is 401 Å². The molecule has 4 aromatic heterocycles. The molecule has 9 rings (SSSR count). The van der Waals surface area contributed by atoms with Gasteiger partial charge in [0.1, 0.15) is 5.58 Å². The van der Waals surface area contributed by atoms with Gasteiger partial charge in [0.25, 0.3) is 0 Å². The van der Waals surface area contributed by atoms with Crippen LogP contribution in [0.15, 0.2) is 132 Å². The maximum absolute atomic E-state index is 6.55. The van der Waals surface area contributed by atoms with E-state index in [1.807, 2.05) is 48.7 Å². The van der Waals surface area contributed by atoms with Gasteiger partial charge in [0.2, 0.25) is 0 Å². The standard InChI is InChI=1S/C40H38N3O.C18H24NSi.Ir/c1-24(2)31-22-27(26-14-9-8-10-15-26)23-32(25(3)4)35(31)43-36-33(20-21-41-38(36)40(5,6)7)42-39(43)30-18-13-17-29-28-16-11-12-19-34(28)44-37(29)30;1-14(2)11-16-12-17(15-9-7-6-8-10-15)19-13-18(16)20(3,4)5;/h8-17,19-25H,1-7H3;6-9,12-14H,11H2,1-5H3;/q2*-1;. The van der Waals surface area contributed by atoms with Crippen molar-refractivity contribution >= 4 is 46.2 Å². The summed E-state index contributed by atoms with van der Waals surface area (Å²) in [4.78, 5) is 15.0. The summed E-state index contributed by atoms with van der Waals surface area (Å²) < 4.78 is 8.93. The summed E-state index contributed by atoms with van der Waals surface area (Å²) in [7, 11) is -1.34. The quantitative estimate of drug-likeness (QED) is 0.107. The van der Waals surface area contributed by atoms with Gasteiger partial charge in [-0.25, -0.2) is 0 Å². The van der Waals surface area contributed by atoms with Crippen molar-refractivity contribution in [2.24, 2.45) is 5.92 Å². The van der Waals surface area contributed by atoms with Crippen LogP contribution in [0, 0.1) is 18.1 Å². The van der Waals surface area contributed by atoms with Gasteiger partial charge < -0.3 is 14.0 Å². The first kappa shape index (κ1) is 47.5. The van der Waals surface area contributed by atoms with Crippen LogP contribution >= 0.6 is 0 Å². The molecular weight excluding hydrogens is 989 g/mol. The van der Waals surface area contributed by atoms with Crippen molar-refractivity contribution in [3.05, 3.63) is 162 Å². The minimum absolute atomic E-state index is 0. The summed E-state index contributed by atoms with van der Waals surface area (Å²) >= 11 is 0. The van der Waals surface area contributed by atoms with Gasteiger partial charge in [-0.15, -0.1) is 54.1 Å². The van der Waals surface area contributed by atoms with E-state index in [0.717, 1.165) is 67.7 Å². The van der Waals surface area contributed by atoms with E-state index in [9.17, 15) is 0 Å². The summed E-state index contributed by atoms with van der Waals surface area (Å²) in [6.07, 6.45) is 5.13. The number of pyridine rings is 2. The first-order chi connectivity index (χ1) is 30.5. The van der Waals surface area contributed by atoms with Gasteiger partial charge in [0.05, 0.1) is 36.2 Å². The molecule has 7 heteroatoms. The maximum Gasteiger partial charge on any atom is 0.120 e. The molecule has 5 nitrogen and oxygen atoms in total. The van der Waals surface area contributed by atoms with Crippen molar-refractivity contribution in [2.75, 3.05) is 0 Å². The minimum Gasteiger partial charge on any atom is -0.501 e. The molecule has 0 amide bonds. The van der Waals surface area contributed by atoms with E-state index in [0.29, 0.717) is 5.92 Å². The third kappa shape index (κ3) is 9.75. The summed E-state index contributed by atoms with van der Waals surface area (Å²) in [5.74, 6) is 2.01. The zero-order valence-electron chi connectivity index (χ0n) is 40.1. The second-order valence-electron chi connectivity index (χ2n) is 20.3. The fourth-order valence-corrected chi connectivity index (χ4v) is 10.5. The Balaban J connectivity index is 0.000000253. The van der Waals surface area contributed by atoms with Crippen molar-refractivity contribution in [1.29, 1.82) is 0 Å². The number of para-hydroxylation sites is 1. The van der Waals surface area contributed by atoms with Crippen LogP contribution in [0.3, 0.4) is 0 Å². The number of furan rings is 1. The van der Waals surface area contributed by atoms with Gasteiger partial charge in [-0.1, -0.05) is 153 Å². The molecule has 65 heavy (non-hydrogen) atoms. The molecule has 0 fully saturated rings. The first-order valence-corrected chi connectivity index (χ1v) is 26.4. The molecule has 335 valence electrons. The SMILES string of the molecule is CC(C)Cc1cc(-c2[c-]cccc2)ncc1[Si](C)(C)C.CC(C)c1cc(-c2ccccc2)cc(C(C)C)c1-n1c(-c2[c-]ccc3c2oc2ccccc23)nc2ccnc(C(C)(C)C)c21.[Ir]. The zero-order chi connectivity index (χ0) is 45.5. The summed E-state index contributed by atoms with van der Waals surface area (Å²) in [5.41, 5.74) is 15.0. The summed E-state index contributed by atoms with van der Waals surface area (Å²) in [6.45, 7) is 27.5. The smallest absolute Gasteiger partial charge is 0.120 e. The predicted molar refractivity (Wildman–Crippen MR) is 273 cm³/mol. The van der Waals surface area contributed by atoms with E-state index in [2.05, 4.69) is 183 Å². The van der Waals surface area contributed by atoms with Crippen LogP contribution in [0.1, 0.15) is 96.5 Å². The summed E-state index contributed by atoms with van der Waals surface area (Å²) in [6, 6.07) is 46.9. The molecular formula is C58H62IrN4OSi-2. The van der Waals surface area contributed by atoms with Crippen LogP contribution in [0.2, 0.25) is 19.6 Å². The maximum atomic E-state index is 6.55. The first-order valence-electron chi connectivity index (χ1n) is 22.9. The normalized spacial score (nSPS) is 12.0. The molecule has 0 saturated carbocycles. The van der Waals surface area contributed by atoms with E-state index in [-0.39, 0.29) is 37.4 Å². The molecule has 9 aromatic rings. The fraction of sp³-hybridized carbons (Fsp3) is 0.293. The summed E-state index contributed by atoms with van der Waals surface area (Å²) in [5, 5.41) is 3.65. The topological polar surface area (TPSA) is 56.7 Å². The van der Waals surface area contributed by atoms with Gasteiger partial charge in [-0.3, -0.25) is 9.97 Å². The van der Waals surface area contributed by atoms with Gasteiger partial charge in [-0.05, 0) is 81.6 Å². The van der Waals surface area contributed by atoms with Crippen molar-refractivity contribution in [1.82, 2.24) is 19.5 Å². The average Bonchev–Trinajstić information content (AvgIpc) is 3.85. The van der Waals surface area contributed by atoms with Crippen molar-refractivity contribution < 1.29 is 24.5 Å². The van der Waals surface area contributed by atoms with E-state index in [1.54, 1.807) is 0 Å². The molecule has 4 heterocycles. The third-order valence-corrected chi connectivity index (χ3v) is 14.1. The van der Waals surface area contributed by atoms with Crippen molar-refractivity contribution in [3.8, 4) is 39.5 Å². The molecule has 0 unspecified atom stereocenters. The van der Waals surface area contributed by atoms with Crippen LogP contribution in [-0.4, -0.2) is 27.6 Å². The number of rotatable bonds is 9. The number of fused-ring (bicyclic) bond motifs is 4. The molecule has 0 N–H and O–H groups in total. The molecule has 5 aromatic carbocycles. The van der Waals surface area contributed by atoms with E-state index in [4.69, 9.17) is 14.4 Å². The Kier molecular flexibility index (Phi) is 14.0. The van der Waals surface area contributed by atoms with Gasteiger partial charge >= 0.3 is 0 Å². The van der Waals surface area contributed by atoms with Crippen LogP contribution < -0.4 is 5.19 Å². The van der Waals surface area contributed by atoms with E-state index in [1.165, 1.54) is 38.7 Å². The Bertz CT molecular complexity index is 3050. The van der Waals surface area contributed by atoms with E-state index < -0.39 is 8.07 Å². The number of aromatic nitrogens is 4. The number of benzene rings is 5. The van der Waals surface area contributed by atoms with Crippen molar-refractivity contribution in [2.45, 2.75) is 106 Å². The monoisotopic (exact) mass is 1050 g/mol. The second-order valence-corrected chi connectivity index (χ2v) is 25.3. The minimum atomic E-state index is -1.34. The third-order valence-electron chi connectivity index (χ3n) is 12.0. The van der Waals surface area contributed by atoms with Crippen LogP contribution in [0.5, 0.6) is 0 Å². The average molecular weight is 1050 g/mol. The van der Waals surface area contributed by atoms with Crippen LogP contribution in [0.4, 0.5) is 0 Å². The number of imidazole rings is 1. The molecule has 0 aliphatic heterocycles. The predicted octanol–water partition coefficient (Wildman–Crippen LogP) is 15.3. The molecule has 0 atom stereocenters. The fourth-order valence-electron chi connectivity index (χ4n) is 8.91. The molecule has 0 saturated heterocycles. The number of nitrogens with zero attached hydrogens (tertiary/aromatic N) is 4. The van der Waals surface area contributed by atoms with Gasteiger partial charge in [0.15, 0.2) is 0 Å². The largest absolute Gasteiger partial charge is 0.501 e. The Morgan fingerprint density at radius 2 is 1.38 bits per heavy atom. The Hall–Kier alpha value is -5.46. The zero-order valence-corrected chi connectivity index (χ0v) is 43.5.